The number of carbonyl (C=O) groups excluding carboxylic acids is 1. The van der Waals surface area contributed by atoms with E-state index >= 15 is 0 Å². The molecule has 1 aromatic carbocycles. The van der Waals surface area contributed by atoms with Gasteiger partial charge < -0.3 is 15.4 Å². The number of carbonyl (C=O) groups is 1. The van der Waals surface area contributed by atoms with E-state index in [9.17, 15) is 4.79 Å². The number of methoxy groups -OCH3 is 1. The molecular weight excluding hydrogens is 216 g/mol. The molecule has 4 heteroatoms. The van der Waals surface area contributed by atoms with Crippen molar-refractivity contribution >= 4 is 11.7 Å². The van der Waals surface area contributed by atoms with Crippen LogP contribution >= 0.6 is 0 Å². The number of ether oxygens (including phenoxy) is 1. The zero-order valence-corrected chi connectivity index (χ0v) is 10.7. The molecule has 94 valence electrons. The van der Waals surface area contributed by atoms with E-state index in [0.717, 1.165) is 23.2 Å². The Morgan fingerprint density at radius 2 is 2.12 bits per heavy atom. The van der Waals surface area contributed by atoms with E-state index in [-0.39, 0.29) is 6.03 Å². The third-order valence-electron chi connectivity index (χ3n) is 2.45. The highest BCUT2D eigenvalue weighted by Gasteiger charge is 2.03. The van der Waals surface area contributed by atoms with Crippen molar-refractivity contribution in [2.24, 2.45) is 0 Å². The van der Waals surface area contributed by atoms with Gasteiger partial charge in [-0.2, -0.15) is 0 Å². The summed E-state index contributed by atoms with van der Waals surface area (Å²) in [4.78, 5) is 11.6. The maximum atomic E-state index is 11.6. The Kier molecular flexibility index (Phi) is 5.49. The first kappa shape index (κ1) is 13.5. The third kappa shape index (κ3) is 4.87. The summed E-state index contributed by atoms with van der Waals surface area (Å²) in [5, 5.41) is 5.62. The van der Waals surface area contributed by atoms with Gasteiger partial charge in [0.2, 0.25) is 0 Å². The SMILES string of the molecule is COCCCNC(=O)Nc1cc(C)ccc1C. The lowest BCUT2D eigenvalue weighted by Crippen LogP contribution is -2.30. The lowest BCUT2D eigenvalue weighted by Gasteiger charge is -2.10. The predicted octanol–water partition coefficient (Wildman–Crippen LogP) is 2.46. The monoisotopic (exact) mass is 236 g/mol. The molecule has 17 heavy (non-hydrogen) atoms. The van der Waals surface area contributed by atoms with Crippen LogP contribution in [0.2, 0.25) is 0 Å². The van der Waals surface area contributed by atoms with Crippen LogP contribution in [0, 0.1) is 13.8 Å². The first-order chi connectivity index (χ1) is 8.13. The molecule has 0 aliphatic heterocycles. The Morgan fingerprint density at radius 3 is 2.82 bits per heavy atom. The van der Waals surface area contributed by atoms with Crippen LogP contribution in [0.1, 0.15) is 17.5 Å². The molecule has 0 fully saturated rings. The number of anilines is 1. The molecule has 0 spiro atoms. The number of amides is 2. The third-order valence-corrected chi connectivity index (χ3v) is 2.45. The van der Waals surface area contributed by atoms with Gasteiger partial charge >= 0.3 is 6.03 Å². The number of hydrogen-bond acceptors (Lipinski definition) is 2. The molecule has 0 radical (unpaired) electrons. The minimum atomic E-state index is -0.171. The summed E-state index contributed by atoms with van der Waals surface area (Å²) in [7, 11) is 1.65. The minimum Gasteiger partial charge on any atom is -0.385 e. The van der Waals surface area contributed by atoms with Crippen LogP contribution < -0.4 is 10.6 Å². The molecule has 2 N–H and O–H groups in total. The molecule has 1 aromatic rings. The second-order valence-electron chi connectivity index (χ2n) is 4.05. The number of aryl methyl sites for hydroxylation is 2. The first-order valence-corrected chi connectivity index (χ1v) is 5.74. The maximum absolute atomic E-state index is 11.6. The summed E-state index contributed by atoms with van der Waals surface area (Å²) in [5.41, 5.74) is 3.04. The van der Waals surface area contributed by atoms with Crippen LogP contribution in [-0.4, -0.2) is 26.3 Å². The molecule has 0 saturated carbocycles. The number of urea groups is 1. The molecule has 4 nitrogen and oxygen atoms in total. The van der Waals surface area contributed by atoms with Gasteiger partial charge in [0.15, 0.2) is 0 Å². The molecular formula is C13H20N2O2. The molecule has 0 unspecified atom stereocenters. The van der Waals surface area contributed by atoms with E-state index < -0.39 is 0 Å². The summed E-state index contributed by atoms with van der Waals surface area (Å²) >= 11 is 0. The van der Waals surface area contributed by atoms with Gasteiger partial charge in [-0.25, -0.2) is 4.79 Å². The summed E-state index contributed by atoms with van der Waals surface area (Å²) < 4.78 is 4.91. The smallest absolute Gasteiger partial charge is 0.319 e. The number of benzene rings is 1. The molecule has 0 aliphatic carbocycles. The molecule has 0 aliphatic rings. The fourth-order valence-electron chi connectivity index (χ4n) is 1.46. The Morgan fingerprint density at radius 1 is 1.35 bits per heavy atom. The van der Waals surface area contributed by atoms with Gasteiger partial charge in [0.25, 0.3) is 0 Å². The zero-order valence-electron chi connectivity index (χ0n) is 10.7. The van der Waals surface area contributed by atoms with Crippen molar-refractivity contribution in [3.63, 3.8) is 0 Å². The summed E-state index contributed by atoms with van der Waals surface area (Å²) in [5.74, 6) is 0. The van der Waals surface area contributed by atoms with E-state index in [1.807, 2.05) is 32.0 Å². The van der Waals surface area contributed by atoms with Crippen LogP contribution in [0.3, 0.4) is 0 Å². The zero-order chi connectivity index (χ0) is 12.7. The number of rotatable bonds is 5. The van der Waals surface area contributed by atoms with Crippen LogP contribution in [0.15, 0.2) is 18.2 Å². The van der Waals surface area contributed by atoms with Gasteiger partial charge in [0.1, 0.15) is 0 Å². The molecule has 0 saturated heterocycles. The normalized spacial score (nSPS) is 10.1. The predicted molar refractivity (Wildman–Crippen MR) is 69.4 cm³/mol. The van der Waals surface area contributed by atoms with Gasteiger partial charge in [-0.3, -0.25) is 0 Å². The molecule has 0 heterocycles. The highest BCUT2D eigenvalue weighted by atomic mass is 16.5. The van der Waals surface area contributed by atoms with E-state index in [1.165, 1.54) is 0 Å². The topological polar surface area (TPSA) is 50.4 Å². The summed E-state index contributed by atoms with van der Waals surface area (Å²) in [6.45, 7) is 5.25. The van der Waals surface area contributed by atoms with Gasteiger partial charge in [0, 0.05) is 25.9 Å². The standard InChI is InChI=1S/C13H20N2O2/c1-10-5-6-11(2)12(9-10)15-13(16)14-7-4-8-17-3/h5-6,9H,4,7-8H2,1-3H3,(H2,14,15,16). The molecule has 0 aromatic heterocycles. The van der Waals surface area contributed by atoms with Gasteiger partial charge in [-0.1, -0.05) is 12.1 Å². The second-order valence-corrected chi connectivity index (χ2v) is 4.05. The lowest BCUT2D eigenvalue weighted by molar-refractivity contribution is 0.194. The average molecular weight is 236 g/mol. The number of nitrogens with one attached hydrogen (secondary N) is 2. The largest absolute Gasteiger partial charge is 0.385 e. The molecule has 0 bridgehead atoms. The van der Waals surface area contributed by atoms with Crippen molar-refractivity contribution in [1.82, 2.24) is 5.32 Å². The Balaban J connectivity index is 2.42. The van der Waals surface area contributed by atoms with Crippen LogP contribution in [0.4, 0.5) is 10.5 Å². The van der Waals surface area contributed by atoms with Crippen molar-refractivity contribution in [3.05, 3.63) is 29.3 Å². The van der Waals surface area contributed by atoms with E-state index in [0.29, 0.717) is 13.2 Å². The van der Waals surface area contributed by atoms with E-state index in [2.05, 4.69) is 10.6 Å². The Labute approximate surface area is 102 Å². The average Bonchev–Trinajstić information content (AvgIpc) is 2.29. The van der Waals surface area contributed by atoms with Crippen LogP contribution in [0.25, 0.3) is 0 Å². The minimum absolute atomic E-state index is 0.171. The van der Waals surface area contributed by atoms with E-state index in [4.69, 9.17) is 4.74 Å². The highest BCUT2D eigenvalue weighted by Crippen LogP contribution is 2.15. The maximum Gasteiger partial charge on any atom is 0.319 e. The lowest BCUT2D eigenvalue weighted by atomic mass is 10.1. The van der Waals surface area contributed by atoms with Gasteiger partial charge in [0.05, 0.1) is 0 Å². The number of hydrogen-bond donors (Lipinski definition) is 2. The quantitative estimate of drug-likeness (QED) is 0.772. The molecule has 2 amide bonds. The van der Waals surface area contributed by atoms with Gasteiger partial charge in [-0.15, -0.1) is 0 Å². The van der Waals surface area contributed by atoms with Crippen molar-refractivity contribution in [1.29, 1.82) is 0 Å². The van der Waals surface area contributed by atoms with E-state index in [1.54, 1.807) is 7.11 Å². The fraction of sp³-hybridized carbons (Fsp3) is 0.462. The van der Waals surface area contributed by atoms with Crippen molar-refractivity contribution < 1.29 is 9.53 Å². The Hall–Kier alpha value is -1.55. The first-order valence-electron chi connectivity index (χ1n) is 5.74. The van der Waals surface area contributed by atoms with Gasteiger partial charge in [-0.05, 0) is 37.5 Å². The summed E-state index contributed by atoms with van der Waals surface area (Å²) in [6, 6.07) is 5.81. The van der Waals surface area contributed by atoms with Crippen molar-refractivity contribution in [3.8, 4) is 0 Å². The Bertz CT molecular complexity index is 378. The second kappa shape index (κ2) is 6.91. The van der Waals surface area contributed by atoms with Crippen molar-refractivity contribution in [2.75, 3.05) is 25.6 Å². The highest BCUT2D eigenvalue weighted by molar-refractivity contribution is 5.90. The van der Waals surface area contributed by atoms with Crippen molar-refractivity contribution in [2.45, 2.75) is 20.3 Å². The van der Waals surface area contributed by atoms with Crippen LogP contribution in [-0.2, 0) is 4.74 Å². The van der Waals surface area contributed by atoms with Crippen LogP contribution in [0.5, 0.6) is 0 Å². The molecule has 1 rings (SSSR count). The molecule has 0 atom stereocenters. The fourth-order valence-corrected chi connectivity index (χ4v) is 1.46. The summed E-state index contributed by atoms with van der Waals surface area (Å²) in [6.07, 6.45) is 0.816.